The number of likely N-dealkylation sites (tertiary alicyclic amines) is 1. The van der Waals surface area contributed by atoms with Gasteiger partial charge in [0.05, 0.1) is 16.8 Å². The van der Waals surface area contributed by atoms with Crippen LogP contribution in [0.25, 0.3) is 0 Å². The molecule has 2 aliphatic heterocycles. The van der Waals surface area contributed by atoms with Crippen LogP contribution in [-0.2, 0) is 14.8 Å². The standard InChI is InChI=1S/C19H23N3O3S3/c23-19(22-11-3-5-16(22)17-6-4-12-26-17)14-27-18-8-7-15(13-20-18)28(24,25)21-9-1-2-10-21/h4,6-8,12-13,16H,1-3,5,9-11,14H2. The number of carbonyl (C=O) groups excluding carboxylic acids is 1. The Hall–Kier alpha value is -1.42. The van der Waals surface area contributed by atoms with Crippen LogP contribution in [0.3, 0.4) is 0 Å². The van der Waals surface area contributed by atoms with Gasteiger partial charge < -0.3 is 4.90 Å². The molecule has 0 N–H and O–H groups in total. The summed E-state index contributed by atoms with van der Waals surface area (Å²) in [7, 11) is -3.44. The van der Waals surface area contributed by atoms with Crippen molar-refractivity contribution in [2.24, 2.45) is 0 Å². The van der Waals surface area contributed by atoms with Crippen molar-refractivity contribution in [1.29, 1.82) is 0 Å². The predicted molar refractivity (Wildman–Crippen MR) is 111 cm³/mol. The van der Waals surface area contributed by atoms with Gasteiger partial charge in [-0.15, -0.1) is 11.3 Å². The van der Waals surface area contributed by atoms with Crippen molar-refractivity contribution < 1.29 is 13.2 Å². The van der Waals surface area contributed by atoms with E-state index in [4.69, 9.17) is 0 Å². The summed E-state index contributed by atoms with van der Waals surface area (Å²) < 4.78 is 26.6. The predicted octanol–water partition coefficient (Wildman–Crippen LogP) is 3.38. The third-order valence-electron chi connectivity index (χ3n) is 5.20. The van der Waals surface area contributed by atoms with E-state index >= 15 is 0 Å². The quantitative estimate of drug-likeness (QED) is 0.648. The fourth-order valence-electron chi connectivity index (χ4n) is 3.74. The molecule has 2 saturated heterocycles. The molecule has 4 heterocycles. The van der Waals surface area contributed by atoms with Crippen molar-refractivity contribution in [3.8, 4) is 0 Å². The van der Waals surface area contributed by atoms with Crippen LogP contribution in [0.4, 0.5) is 0 Å². The largest absolute Gasteiger partial charge is 0.334 e. The second-order valence-corrected chi connectivity index (χ2v) is 10.9. The van der Waals surface area contributed by atoms with Gasteiger partial charge in [-0.05, 0) is 49.3 Å². The van der Waals surface area contributed by atoms with Crippen molar-refractivity contribution in [1.82, 2.24) is 14.2 Å². The Morgan fingerprint density at radius 1 is 1.18 bits per heavy atom. The maximum absolute atomic E-state index is 12.7. The molecule has 1 unspecified atom stereocenters. The Labute approximate surface area is 174 Å². The number of aromatic nitrogens is 1. The van der Waals surface area contributed by atoms with Crippen molar-refractivity contribution in [3.63, 3.8) is 0 Å². The van der Waals surface area contributed by atoms with Crippen LogP contribution in [0.5, 0.6) is 0 Å². The molecule has 0 spiro atoms. The van der Waals surface area contributed by atoms with E-state index in [9.17, 15) is 13.2 Å². The van der Waals surface area contributed by atoms with Gasteiger partial charge in [-0.25, -0.2) is 13.4 Å². The lowest BCUT2D eigenvalue weighted by molar-refractivity contribution is -0.129. The molecular formula is C19H23N3O3S3. The summed E-state index contributed by atoms with van der Waals surface area (Å²) in [5.74, 6) is 0.420. The summed E-state index contributed by atoms with van der Waals surface area (Å²) >= 11 is 3.06. The van der Waals surface area contributed by atoms with Gasteiger partial charge in [0.1, 0.15) is 4.90 Å². The summed E-state index contributed by atoms with van der Waals surface area (Å²) in [6.07, 6.45) is 5.26. The molecule has 2 aliphatic rings. The molecule has 1 atom stereocenters. The molecule has 2 aromatic rings. The lowest BCUT2D eigenvalue weighted by Gasteiger charge is -2.23. The van der Waals surface area contributed by atoms with Crippen LogP contribution in [0.2, 0.25) is 0 Å². The topological polar surface area (TPSA) is 70.6 Å². The Balaban J connectivity index is 1.36. The lowest BCUT2D eigenvalue weighted by Crippen LogP contribution is -2.31. The van der Waals surface area contributed by atoms with Crippen LogP contribution in [-0.4, -0.2) is 53.9 Å². The van der Waals surface area contributed by atoms with Crippen molar-refractivity contribution >= 4 is 39.0 Å². The highest BCUT2D eigenvalue weighted by atomic mass is 32.2. The van der Waals surface area contributed by atoms with Crippen LogP contribution >= 0.6 is 23.1 Å². The first-order chi connectivity index (χ1) is 13.6. The SMILES string of the molecule is O=C(CSc1ccc(S(=O)(=O)N2CCCC2)cn1)N1CCCC1c1cccs1. The Morgan fingerprint density at radius 2 is 2.00 bits per heavy atom. The average Bonchev–Trinajstić information content (AvgIpc) is 3.47. The molecule has 150 valence electrons. The molecule has 9 heteroatoms. The highest BCUT2D eigenvalue weighted by Gasteiger charge is 2.30. The smallest absolute Gasteiger partial charge is 0.244 e. The molecule has 6 nitrogen and oxygen atoms in total. The first-order valence-electron chi connectivity index (χ1n) is 9.47. The van der Waals surface area contributed by atoms with Gasteiger partial charge in [0.25, 0.3) is 0 Å². The number of thiophene rings is 1. The molecule has 4 rings (SSSR count). The average molecular weight is 438 g/mol. The molecule has 1 amide bonds. The molecule has 2 fully saturated rings. The van der Waals surface area contributed by atoms with Gasteiger partial charge >= 0.3 is 0 Å². The van der Waals surface area contributed by atoms with Crippen LogP contribution < -0.4 is 0 Å². The Kier molecular flexibility index (Phi) is 6.05. The van der Waals surface area contributed by atoms with Crippen molar-refractivity contribution in [2.75, 3.05) is 25.4 Å². The van der Waals surface area contributed by atoms with Gasteiger partial charge in [-0.3, -0.25) is 4.79 Å². The molecule has 0 saturated carbocycles. The maximum atomic E-state index is 12.7. The normalized spacial score (nSPS) is 20.7. The number of carbonyl (C=O) groups is 1. The van der Waals surface area contributed by atoms with E-state index in [2.05, 4.69) is 11.1 Å². The maximum Gasteiger partial charge on any atom is 0.244 e. The van der Waals surface area contributed by atoms with Gasteiger partial charge in [0.15, 0.2) is 0 Å². The Morgan fingerprint density at radius 3 is 2.68 bits per heavy atom. The van der Waals surface area contributed by atoms with Crippen LogP contribution in [0.1, 0.15) is 36.6 Å². The third kappa shape index (κ3) is 4.12. The summed E-state index contributed by atoms with van der Waals surface area (Å²) in [5.41, 5.74) is 0. The van der Waals surface area contributed by atoms with E-state index in [1.54, 1.807) is 23.5 Å². The first kappa shape index (κ1) is 19.9. The molecule has 0 radical (unpaired) electrons. The van der Waals surface area contributed by atoms with Crippen LogP contribution in [0.15, 0.2) is 45.8 Å². The highest BCUT2D eigenvalue weighted by molar-refractivity contribution is 7.99. The molecule has 0 bridgehead atoms. The summed E-state index contributed by atoms with van der Waals surface area (Å²) in [6, 6.07) is 7.60. The first-order valence-corrected chi connectivity index (χ1v) is 12.8. The number of nitrogens with zero attached hydrogens (tertiary/aromatic N) is 3. The van der Waals surface area contributed by atoms with E-state index in [1.165, 1.54) is 27.1 Å². The number of sulfonamides is 1. The number of amides is 1. The minimum atomic E-state index is -3.44. The molecule has 2 aromatic heterocycles. The van der Waals surface area contributed by atoms with Gasteiger partial charge in [0, 0.05) is 30.7 Å². The van der Waals surface area contributed by atoms with Crippen molar-refractivity contribution in [2.45, 2.75) is 41.6 Å². The number of hydrogen-bond donors (Lipinski definition) is 0. The van der Waals surface area contributed by atoms with E-state index in [-0.39, 0.29) is 16.8 Å². The minimum absolute atomic E-state index is 0.108. The minimum Gasteiger partial charge on any atom is -0.334 e. The Bertz CT molecular complexity index is 908. The summed E-state index contributed by atoms with van der Waals surface area (Å²) in [4.78, 5) is 20.4. The molecular weight excluding hydrogens is 414 g/mol. The van der Waals surface area contributed by atoms with Crippen molar-refractivity contribution in [3.05, 3.63) is 40.7 Å². The second kappa shape index (κ2) is 8.52. The second-order valence-electron chi connectivity index (χ2n) is 6.99. The number of hydrogen-bond acceptors (Lipinski definition) is 6. The molecule has 0 aliphatic carbocycles. The van der Waals surface area contributed by atoms with Crippen LogP contribution in [0, 0.1) is 0 Å². The van der Waals surface area contributed by atoms with Gasteiger partial charge in [-0.1, -0.05) is 17.8 Å². The molecule has 0 aromatic carbocycles. The third-order valence-corrected chi connectivity index (χ3v) is 8.98. The summed E-state index contributed by atoms with van der Waals surface area (Å²) in [6.45, 7) is 1.95. The highest BCUT2D eigenvalue weighted by Crippen LogP contribution is 2.35. The van der Waals surface area contributed by atoms with E-state index in [1.807, 2.05) is 16.3 Å². The lowest BCUT2D eigenvalue weighted by atomic mass is 10.2. The van der Waals surface area contributed by atoms with Gasteiger partial charge in [-0.2, -0.15) is 4.31 Å². The zero-order chi connectivity index (χ0) is 19.6. The van der Waals surface area contributed by atoms with E-state index in [0.29, 0.717) is 23.9 Å². The fourth-order valence-corrected chi connectivity index (χ4v) is 6.81. The number of thioether (sulfide) groups is 1. The fraction of sp³-hybridized carbons (Fsp3) is 0.474. The number of pyridine rings is 1. The zero-order valence-corrected chi connectivity index (χ0v) is 17.9. The van der Waals surface area contributed by atoms with E-state index in [0.717, 1.165) is 32.2 Å². The molecule has 28 heavy (non-hydrogen) atoms. The van der Waals surface area contributed by atoms with Gasteiger partial charge in [0.2, 0.25) is 15.9 Å². The monoisotopic (exact) mass is 437 g/mol. The number of rotatable bonds is 6. The zero-order valence-electron chi connectivity index (χ0n) is 15.5. The summed E-state index contributed by atoms with van der Waals surface area (Å²) in [5, 5.41) is 2.72. The van der Waals surface area contributed by atoms with E-state index < -0.39 is 10.0 Å².